The Bertz CT molecular complexity index is 995. The Morgan fingerprint density at radius 2 is 1.80 bits per heavy atom. The molecule has 1 amide bonds. The molecule has 1 aliphatic heterocycles. The van der Waals surface area contributed by atoms with E-state index in [1.807, 2.05) is 25.1 Å². The molecule has 0 unspecified atom stereocenters. The molecule has 0 saturated heterocycles. The van der Waals surface area contributed by atoms with Crippen LogP contribution in [-0.2, 0) is 14.8 Å². The van der Waals surface area contributed by atoms with Gasteiger partial charge in [0.25, 0.3) is 0 Å². The molecule has 30 heavy (non-hydrogen) atoms. The van der Waals surface area contributed by atoms with Crippen LogP contribution in [0.15, 0.2) is 42.5 Å². The molecule has 3 rings (SSSR count). The number of carbonyl (C=O) groups is 1. The van der Waals surface area contributed by atoms with Crippen LogP contribution in [0.25, 0.3) is 0 Å². The van der Waals surface area contributed by atoms with Crippen molar-refractivity contribution in [1.82, 2.24) is 5.32 Å². The largest absolute Gasteiger partial charge is 0.486 e. The third-order valence-electron chi connectivity index (χ3n) is 4.72. The van der Waals surface area contributed by atoms with Crippen LogP contribution in [0.1, 0.15) is 31.4 Å². The van der Waals surface area contributed by atoms with Gasteiger partial charge in [-0.1, -0.05) is 17.7 Å². The van der Waals surface area contributed by atoms with Gasteiger partial charge < -0.3 is 14.8 Å². The molecule has 1 aliphatic rings. The number of benzene rings is 2. The quantitative estimate of drug-likeness (QED) is 0.662. The van der Waals surface area contributed by atoms with E-state index in [1.54, 1.807) is 24.3 Å². The van der Waals surface area contributed by atoms with Gasteiger partial charge in [0, 0.05) is 18.0 Å². The number of nitrogens with one attached hydrogen (secondary N) is 1. The fraction of sp³-hybridized carbons (Fsp3) is 0.381. The molecule has 0 bridgehead atoms. The Kier molecular flexibility index (Phi) is 7.10. The first-order valence-corrected chi connectivity index (χ1v) is 11.9. The third-order valence-corrected chi connectivity index (χ3v) is 6.17. The van der Waals surface area contributed by atoms with Crippen molar-refractivity contribution in [2.75, 3.05) is 30.3 Å². The molecule has 0 saturated carbocycles. The van der Waals surface area contributed by atoms with Gasteiger partial charge in [0.05, 0.1) is 18.0 Å². The number of hydrogen-bond acceptors (Lipinski definition) is 5. The maximum atomic E-state index is 12.4. The van der Waals surface area contributed by atoms with Gasteiger partial charge in [-0.25, -0.2) is 8.42 Å². The van der Waals surface area contributed by atoms with Crippen molar-refractivity contribution in [2.24, 2.45) is 0 Å². The highest BCUT2D eigenvalue weighted by Crippen LogP contribution is 2.32. The summed E-state index contributed by atoms with van der Waals surface area (Å²) in [7, 11) is -3.47. The number of nitrogens with zero attached hydrogens (tertiary/aromatic N) is 1. The lowest BCUT2D eigenvalue weighted by molar-refractivity contribution is -0.121. The monoisotopic (exact) mass is 452 g/mol. The molecule has 2 aromatic rings. The van der Waals surface area contributed by atoms with Crippen molar-refractivity contribution < 1.29 is 22.7 Å². The van der Waals surface area contributed by atoms with E-state index in [4.69, 9.17) is 21.1 Å². The zero-order valence-corrected chi connectivity index (χ0v) is 18.5. The van der Waals surface area contributed by atoms with Crippen LogP contribution in [0.2, 0.25) is 5.02 Å². The minimum Gasteiger partial charge on any atom is -0.486 e. The van der Waals surface area contributed by atoms with E-state index in [0.717, 1.165) is 11.8 Å². The number of rotatable bonds is 8. The molecule has 0 radical (unpaired) electrons. The summed E-state index contributed by atoms with van der Waals surface area (Å²) in [5.41, 5.74) is 1.43. The summed E-state index contributed by atoms with van der Waals surface area (Å²) in [6.07, 6.45) is 1.73. The standard InChI is InChI=1S/C21H25ClN2O5S/c1-15(16-5-10-19-20(14-16)29-13-12-28-19)23-21(25)4-3-11-24(30(2,26)27)18-8-6-17(22)7-9-18/h5-10,14-15H,3-4,11-13H2,1-2H3,(H,23,25)/t15-/m1/s1. The molecule has 2 aromatic carbocycles. The van der Waals surface area contributed by atoms with E-state index in [1.165, 1.54) is 4.31 Å². The van der Waals surface area contributed by atoms with Gasteiger partial charge >= 0.3 is 0 Å². The zero-order valence-electron chi connectivity index (χ0n) is 16.9. The molecule has 162 valence electrons. The molecule has 1 heterocycles. The Labute approximate surface area is 182 Å². The lowest BCUT2D eigenvalue weighted by atomic mass is 10.1. The van der Waals surface area contributed by atoms with Crippen LogP contribution in [0.4, 0.5) is 5.69 Å². The number of ether oxygens (including phenoxy) is 2. The number of hydrogen-bond donors (Lipinski definition) is 1. The Balaban J connectivity index is 1.55. The van der Waals surface area contributed by atoms with E-state index in [2.05, 4.69) is 5.32 Å². The van der Waals surface area contributed by atoms with Crippen molar-refractivity contribution in [3.63, 3.8) is 0 Å². The second-order valence-electron chi connectivity index (χ2n) is 7.11. The first kappa shape index (κ1) is 22.2. The van der Waals surface area contributed by atoms with E-state index in [-0.39, 0.29) is 24.9 Å². The average Bonchev–Trinajstić information content (AvgIpc) is 2.71. The Morgan fingerprint density at radius 3 is 2.47 bits per heavy atom. The minimum absolute atomic E-state index is 0.151. The molecular weight excluding hydrogens is 428 g/mol. The number of halogens is 1. The summed E-state index contributed by atoms with van der Waals surface area (Å²) in [6.45, 7) is 3.12. The van der Waals surface area contributed by atoms with Crippen molar-refractivity contribution in [1.29, 1.82) is 0 Å². The van der Waals surface area contributed by atoms with E-state index < -0.39 is 10.0 Å². The van der Waals surface area contributed by atoms with Gasteiger partial charge in [-0.15, -0.1) is 0 Å². The minimum atomic E-state index is -3.47. The van der Waals surface area contributed by atoms with Gasteiger partial charge in [0.1, 0.15) is 13.2 Å². The molecule has 0 spiro atoms. The summed E-state index contributed by atoms with van der Waals surface area (Å²) in [4.78, 5) is 12.4. The second-order valence-corrected chi connectivity index (χ2v) is 9.45. The van der Waals surface area contributed by atoms with Crippen LogP contribution < -0.4 is 19.1 Å². The number of fused-ring (bicyclic) bond motifs is 1. The fourth-order valence-electron chi connectivity index (χ4n) is 3.20. The molecular formula is C21H25ClN2O5S. The predicted molar refractivity (Wildman–Crippen MR) is 117 cm³/mol. The second kappa shape index (κ2) is 9.57. The highest BCUT2D eigenvalue weighted by molar-refractivity contribution is 7.92. The molecule has 1 N–H and O–H groups in total. The SMILES string of the molecule is C[C@@H](NC(=O)CCCN(c1ccc(Cl)cc1)S(C)(=O)=O)c1ccc2c(c1)OCCO2. The first-order chi connectivity index (χ1) is 14.2. The van der Waals surface area contributed by atoms with Gasteiger partial charge in [-0.05, 0) is 55.3 Å². The number of sulfonamides is 1. The number of anilines is 1. The molecule has 1 atom stereocenters. The van der Waals surface area contributed by atoms with Crippen LogP contribution in [0.5, 0.6) is 11.5 Å². The maximum Gasteiger partial charge on any atom is 0.232 e. The summed E-state index contributed by atoms with van der Waals surface area (Å²) < 4.78 is 36.7. The smallest absolute Gasteiger partial charge is 0.232 e. The van der Waals surface area contributed by atoms with Crippen LogP contribution in [-0.4, -0.2) is 40.3 Å². The molecule has 9 heteroatoms. The molecule has 0 aromatic heterocycles. The molecule has 0 fully saturated rings. The van der Waals surface area contributed by atoms with E-state index in [9.17, 15) is 13.2 Å². The van der Waals surface area contributed by atoms with Crippen molar-refractivity contribution in [3.05, 3.63) is 53.1 Å². The summed E-state index contributed by atoms with van der Waals surface area (Å²) in [5, 5.41) is 3.47. The molecule has 7 nitrogen and oxygen atoms in total. The number of carbonyl (C=O) groups excluding carboxylic acids is 1. The number of amides is 1. The highest BCUT2D eigenvalue weighted by atomic mass is 35.5. The lowest BCUT2D eigenvalue weighted by Gasteiger charge is -2.23. The zero-order chi connectivity index (χ0) is 21.7. The summed E-state index contributed by atoms with van der Waals surface area (Å²) in [6, 6.07) is 11.9. The van der Waals surface area contributed by atoms with Crippen LogP contribution >= 0.6 is 11.6 Å². The summed E-state index contributed by atoms with van der Waals surface area (Å²) in [5.74, 6) is 1.22. The normalized spacial score (nSPS) is 14.1. The van der Waals surface area contributed by atoms with E-state index >= 15 is 0 Å². The predicted octanol–water partition coefficient (Wildman–Crippen LogP) is 3.53. The summed E-state index contributed by atoms with van der Waals surface area (Å²) >= 11 is 5.88. The maximum absolute atomic E-state index is 12.4. The first-order valence-electron chi connectivity index (χ1n) is 9.66. The fourth-order valence-corrected chi connectivity index (χ4v) is 4.29. The Morgan fingerprint density at radius 1 is 1.13 bits per heavy atom. The van der Waals surface area contributed by atoms with E-state index in [0.29, 0.717) is 41.8 Å². The molecule has 0 aliphatic carbocycles. The highest BCUT2D eigenvalue weighted by Gasteiger charge is 2.19. The van der Waals surface area contributed by atoms with Crippen molar-refractivity contribution in [2.45, 2.75) is 25.8 Å². The average molecular weight is 453 g/mol. The van der Waals surface area contributed by atoms with Gasteiger partial charge in [-0.2, -0.15) is 0 Å². The van der Waals surface area contributed by atoms with Crippen LogP contribution in [0, 0.1) is 0 Å². The lowest BCUT2D eigenvalue weighted by Crippen LogP contribution is -2.32. The topological polar surface area (TPSA) is 84.9 Å². The third kappa shape index (κ3) is 5.79. The van der Waals surface area contributed by atoms with Crippen molar-refractivity contribution >= 4 is 33.2 Å². The van der Waals surface area contributed by atoms with Crippen molar-refractivity contribution in [3.8, 4) is 11.5 Å². The van der Waals surface area contributed by atoms with Crippen LogP contribution in [0.3, 0.4) is 0 Å². The van der Waals surface area contributed by atoms with Gasteiger partial charge in [0.2, 0.25) is 15.9 Å². The van der Waals surface area contributed by atoms with Gasteiger partial charge in [0.15, 0.2) is 11.5 Å². The Hall–Kier alpha value is -2.45. The van der Waals surface area contributed by atoms with Gasteiger partial charge in [-0.3, -0.25) is 9.10 Å².